The number of carbonyl (C=O) groups excluding carboxylic acids is 1. The molecule has 0 fully saturated rings. The van der Waals surface area contributed by atoms with Crippen molar-refractivity contribution in [2.45, 2.75) is 33.6 Å². The Morgan fingerprint density at radius 2 is 1.91 bits per heavy atom. The van der Waals surface area contributed by atoms with E-state index in [0.717, 1.165) is 11.3 Å². The Balaban J connectivity index is 2.67. The highest BCUT2D eigenvalue weighted by Gasteiger charge is 2.25. The Kier molecular flexibility index (Phi) is 4.90. The molecule has 0 radical (unpaired) electrons. The third kappa shape index (κ3) is 3.00. The smallest absolute Gasteiger partial charge is 0.355 e. The number of benzene rings is 1. The van der Waals surface area contributed by atoms with Crippen LogP contribution in [0.4, 0.5) is 0 Å². The molecule has 1 aromatic heterocycles. The van der Waals surface area contributed by atoms with Crippen LogP contribution in [0.15, 0.2) is 24.3 Å². The second-order valence-electron chi connectivity index (χ2n) is 5.85. The van der Waals surface area contributed by atoms with Crippen molar-refractivity contribution in [3.05, 3.63) is 46.8 Å². The lowest BCUT2D eigenvalue weighted by Gasteiger charge is -2.09. The third-order valence-corrected chi connectivity index (χ3v) is 4.13. The second kappa shape index (κ2) is 6.70. The van der Waals surface area contributed by atoms with Crippen LogP contribution in [0.1, 0.15) is 54.0 Å². The minimum absolute atomic E-state index is 0.302. The first-order valence-corrected chi connectivity index (χ1v) is 7.79. The quantitative estimate of drug-likeness (QED) is 0.796. The van der Waals surface area contributed by atoms with Crippen molar-refractivity contribution in [3.8, 4) is 17.2 Å². The van der Waals surface area contributed by atoms with Crippen molar-refractivity contribution in [2.75, 3.05) is 6.61 Å². The molecule has 0 spiro atoms. The van der Waals surface area contributed by atoms with Gasteiger partial charge in [-0.15, -0.1) is 0 Å². The van der Waals surface area contributed by atoms with E-state index in [2.05, 4.69) is 19.9 Å². The molecule has 0 saturated carbocycles. The van der Waals surface area contributed by atoms with Crippen molar-refractivity contribution in [1.29, 1.82) is 5.26 Å². The summed E-state index contributed by atoms with van der Waals surface area (Å²) >= 11 is 0. The predicted octanol–water partition coefficient (Wildman–Crippen LogP) is 4.17. The molecule has 120 valence electrons. The molecule has 4 nitrogen and oxygen atoms in total. The second-order valence-corrected chi connectivity index (χ2v) is 5.85. The summed E-state index contributed by atoms with van der Waals surface area (Å²) in [4.78, 5) is 12.4. The Hall–Kier alpha value is -2.54. The molecular weight excluding hydrogens is 288 g/mol. The highest BCUT2D eigenvalue weighted by molar-refractivity contribution is 5.98. The number of hydrogen-bond acceptors (Lipinski definition) is 3. The van der Waals surface area contributed by atoms with E-state index < -0.39 is 5.97 Å². The van der Waals surface area contributed by atoms with Crippen molar-refractivity contribution in [3.63, 3.8) is 0 Å². The van der Waals surface area contributed by atoms with Gasteiger partial charge in [-0.1, -0.05) is 38.1 Å². The molecule has 0 unspecified atom stereocenters. The first-order valence-electron chi connectivity index (χ1n) is 7.79. The van der Waals surface area contributed by atoms with Gasteiger partial charge in [0.1, 0.15) is 11.8 Å². The fourth-order valence-electron chi connectivity index (χ4n) is 2.69. The van der Waals surface area contributed by atoms with E-state index in [1.54, 1.807) is 18.5 Å². The molecule has 0 N–H and O–H groups in total. The number of rotatable bonds is 4. The lowest BCUT2D eigenvalue weighted by molar-refractivity contribution is 0.0516. The van der Waals surface area contributed by atoms with E-state index in [1.807, 2.05) is 31.2 Å². The monoisotopic (exact) mass is 310 g/mol. The van der Waals surface area contributed by atoms with Gasteiger partial charge in [0.2, 0.25) is 0 Å². The molecule has 2 rings (SSSR count). The van der Waals surface area contributed by atoms with Crippen LogP contribution < -0.4 is 0 Å². The lowest BCUT2D eigenvalue weighted by Crippen LogP contribution is -2.11. The maximum atomic E-state index is 12.4. The van der Waals surface area contributed by atoms with E-state index in [1.165, 1.54) is 5.56 Å². The van der Waals surface area contributed by atoms with Gasteiger partial charge in [-0.25, -0.2) is 4.79 Å². The van der Waals surface area contributed by atoms with Gasteiger partial charge in [0.15, 0.2) is 0 Å². The van der Waals surface area contributed by atoms with E-state index in [9.17, 15) is 10.1 Å². The molecule has 1 heterocycles. The van der Waals surface area contributed by atoms with Gasteiger partial charge in [-0.2, -0.15) is 5.26 Å². The summed E-state index contributed by atoms with van der Waals surface area (Å²) in [6, 6.07) is 10.2. The fraction of sp³-hybridized carbons (Fsp3) is 0.368. The van der Waals surface area contributed by atoms with Gasteiger partial charge < -0.3 is 9.30 Å². The minimum Gasteiger partial charge on any atom is -0.461 e. The standard InChI is InChI=1S/C19H22N2O2/c1-6-23-19(22)18-17(16(11-20)13(4)21(18)5)15-9-7-14(8-10-15)12(2)3/h7-10,12H,6H2,1-5H3. The minimum atomic E-state index is -0.400. The summed E-state index contributed by atoms with van der Waals surface area (Å²) in [6.07, 6.45) is 0. The topological polar surface area (TPSA) is 55.0 Å². The summed E-state index contributed by atoms with van der Waals surface area (Å²) in [7, 11) is 1.79. The van der Waals surface area contributed by atoms with Gasteiger partial charge >= 0.3 is 5.97 Å². The number of nitriles is 1. The average Bonchev–Trinajstić information content (AvgIpc) is 2.79. The fourth-order valence-corrected chi connectivity index (χ4v) is 2.69. The van der Waals surface area contributed by atoms with Crippen LogP contribution in [-0.4, -0.2) is 17.1 Å². The van der Waals surface area contributed by atoms with Crippen molar-refractivity contribution in [2.24, 2.45) is 7.05 Å². The number of ether oxygens (including phenoxy) is 1. The van der Waals surface area contributed by atoms with Crippen molar-refractivity contribution in [1.82, 2.24) is 4.57 Å². The molecule has 4 heteroatoms. The van der Waals surface area contributed by atoms with Gasteiger partial charge in [-0.05, 0) is 30.9 Å². The molecular formula is C19H22N2O2. The molecule has 0 saturated heterocycles. The predicted molar refractivity (Wildman–Crippen MR) is 90.3 cm³/mol. The number of carbonyl (C=O) groups is 1. The zero-order valence-corrected chi connectivity index (χ0v) is 14.3. The first kappa shape index (κ1) is 16.8. The molecule has 1 aromatic carbocycles. The number of esters is 1. The molecule has 23 heavy (non-hydrogen) atoms. The number of aromatic nitrogens is 1. The lowest BCUT2D eigenvalue weighted by atomic mass is 9.96. The van der Waals surface area contributed by atoms with E-state index in [0.29, 0.717) is 29.3 Å². The number of hydrogen-bond donors (Lipinski definition) is 0. The third-order valence-electron chi connectivity index (χ3n) is 4.13. The zero-order chi connectivity index (χ0) is 17.1. The van der Waals surface area contributed by atoms with Gasteiger partial charge in [0.05, 0.1) is 12.2 Å². The Morgan fingerprint density at radius 3 is 2.39 bits per heavy atom. The van der Waals surface area contributed by atoms with Crippen LogP contribution in [-0.2, 0) is 11.8 Å². The molecule has 0 aliphatic heterocycles. The van der Waals surface area contributed by atoms with Crippen molar-refractivity contribution >= 4 is 5.97 Å². The molecule has 0 amide bonds. The number of nitrogens with zero attached hydrogens (tertiary/aromatic N) is 2. The molecule has 0 aliphatic carbocycles. The summed E-state index contributed by atoms with van der Waals surface area (Å²) in [5, 5.41) is 9.54. The Bertz CT molecular complexity index is 762. The van der Waals surface area contributed by atoms with Crippen LogP contribution in [0.3, 0.4) is 0 Å². The highest BCUT2D eigenvalue weighted by Crippen LogP contribution is 2.33. The van der Waals surface area contributed by atoms with Gasteiger partial charge in [-0.3, -0.25) is 0 Å². The van der Waals surface area contributed by atoms with Crippen LogP contribution in [0, 0.1) is 18.3 Å². The SMILES string of the molecule is CCOC(=O)c1c(-c2ccc(C(C)C)cc2)c(C#N)c(C)n1C. The van der Waals surface area contributed by atoms with Crippen LogP contribution >= 0.6 is 0 Å². The van der Waals surface area contributed by atoms with Crippen LogP contribution in [0.2, 0.25) is 0 Å². The van der Waals surface area contributed by atoms with Crippen LogP contribution in [0.5, 0.6) is 0 Å². The maximum absolute atomic E-state index is 12.4. The van der Waals surface area contributed by atoms with E-state index in [-0.39, 0.29) is 0 Å². The largest absolute Gasteiger partial charge is 0.461 e. The average molecular weight is 310 g/mol. The van der Waals surface area contributed by atoms with Crippen molar-refractivity contribution < 1.29 is 9.53 Å². The zero-order valence-electron chi connectivity index (χ0n) is 14.3. The first-order chi connectivity index (χ1) is 10.9. The van der Waals surface area contributed by atoms with E-state index >= 15 is 0 Å². The molecule has 0 aliphatic rings. The summed E-state index contributed by atoms with van der Waals surface area (Å²) < 4.78 is 6.91. The highest BCUT2D eigenvalue weighted by atomic mass is 16.5. The Morgan fingerprint density at radius 1 is 1.30 bits per heavy atom. The Labute approximate surface area is 137 Å². The summed E-state index contributed by atoms with van der Waals surface area (Å²) in [6.45, 7) is 8.18. The molecule has 2 aromatic rings. The maximum Gasteiger partial charge on any atom is 0.355 e. The van der Waals surface area contributed by atoms with Gasteiger partial charge in [0.25, 0.3) is 0 Å². The molecule has 0 atom stereocenters. The summed E-state index contributed by atoms with van der Waals surface area (Å²) in [5.74, 6) is 0.0315. The van der Waals surface area contributed by atoms with Gasteiger partial charge in [0, 0.05) is 18.3 Å². The normalized spacial score (nSPS) is 10.7. The van der Waals surface area contributed by atoms with Crippen LogP contribution in [0.25, 0.3) is 11.1 Å². The summed E-state index contributed by atoms with van der Waals surface area (Å²) in [5.41, 5.74) is 4.45. The molecule has 0 bridgehead atoms. The van der Waals surface area contributed by atoms with E-state index in [4.69, 9.17) is 4.74 Å².